The van der Waals surface area contributed by atoms with Crippen LogP contribution >= 0.6 is 0 Å². The minimum Gasteiger partial charge on any atom is -0.207 e. The van der Waals surface area contributed by atoms with E-state index in [1.54, 1.807) is 12.1 Å². The Morgan fingerprint density at radius 3 is 2.44 bits per heavy atom. The molecule has 0 saturated heterocycles. The number of hydrogen-bond acceptors (Lipinski definition) is 1. The number of benzene rings is 1. The van der Waals surface area contributed by atoms with E-state index >= 15 is 0 Å². The molecule has 1 aromatic carbocycles. The summed E-state index contributed by atoms with van der Waals surface area (Å²) < 4.78 is 13.3. The van der Waals surface area contributed by atoms with Crippen molar-refractivity contribution >= 4 is 0 Å². The van der Waals surface area contributed by atoms with Gasteiger partial charge in [0.05, 0.1) is 11.5 Å². The number of nitrogens with zero attached hydrogens (tertiary/aromatic N) is 1. The number of hydrogen-bond donors (Lipinski definition) is 0. The van der Waals surface area contributed by atoms with Gasteiger partial charge < -0.3 is 0 Å². The van der Waals surface area contributed by atoms with E-state index in [1.165, 1.54) is 38.2 Å². The lowest BCUT2D eigenvalue weighted by Crippen LogP contribution is -2.49. The van der Waals surface area contributed by atoms with Crippen LogP contribution in [0.15, 0.2) is 24.3 Å². The first-order chi connectivity index (χ1) is 8.68. The summed E-state index contributed by atoms with van der Waals surface area (Å²) >= 11 is 0. The van der Waals surface area contributed by atoms with Crippen LogP contribution in [0.3, 0.4) is 0 Å². The van der Waals surface area contributed by atoms with Gasteiger partial charge in [0.25, 0.3) is 0 Å². The maximum absolute atomic E-state index is 13.3. The summed E-state index contributed by atoms with van der Waals surface area (Å²) in [6.07, 6.45) is 8.30. The fourth-order valence-corrected chi connectivity index (χ4v) is 4.02. The molecule has 0 atom stereocenters. The molecule has 0 aliphatic heterocycles. The molecule has 2 fully saturated rings. The van der Waals surface area contributed by atoms with Crippen molar-refractivity contribution in [3.8, 4) is 6.07 Å². The summed E-state index contributed by atoms with van der Waals surface area (Å²) in [5.74, 6) is -0.230. The molecule has 2 aliphatic rings. The van der Waals surface area contributed by atoms with Crippen molar-refractivity contribution < 1.29 is 4.39 Å². The van der Waals surface area contributed by atoms with E-state index in [4.69, 9.17) is 0 Å². The van der Waals surface area contributed by atoms with Gasteiger partial charge in [0.15, 0.2) is 0 Å². The van der Waals surface area contributed by atoms with E-state index < -0.39 is 5.41 Å². The van der Waals surface area contributed by atoms with Crippen molar-refractivity contribution in [2.45, 2.75) is 50.4 Å². The topological polar surface area (TPSA) is 23.8 Å². The molecule has 3 rings (SSSR count). The Balaban J connectivity index is 1.85. The van der Waals surface area contributed by atoms with Crippen LogP contribution in [0.25, 0.3) is 0 Å². The molecule has 0 bridgehead atoms. The molecule has 94 valence electrons. The first-order valence-corrected chi connectivity index (χ1v) is 6.86. The van der Waals surface area contributed by atoms with Crippen molar-refractivity contribution in [1.29, 1.82) is 5.26 Å². The van der Waals surface area contributed by atoms with E-state index in [-0.39, 0.29) is 5.82 Å². The summed E-state index contributed by atoms with van der Waals surface area (Å²) in [7, 11) is 0. The number of nitriles is 1. The maximum Gasteiger partial charge on any atom is 0.123 e. The van der Waals surface area contributed by atoms with Gasteiger partial charge in [0.1, 0.15) is 5.82 Å². The average molecular weight is 243 g/mol. The third kappa shape index (κ3) is 1.73. The van der Waals surface area contributed by atoms with E-state index in [0.29, 0.717) is 5.41 Å². The van der Waals surface area contributed by atoms with Gasteiger partial charge >= 0.3 is 0 Å². The Morgan fingerprint density at radius 1 is 1.11 bits per heavy atom. The molecule has 0 heterocycles. The molecule has 2 saturated carbocycles. The van der Waals surface area contributed by atoms with Gasteiger partial charge in [-0.1, -0.05) is 31.4 Å². The Morgan fingerprint density at radius 2 is 1.83 bits per heavy atom. The molecule has 2 heteroatoms. The zero-order valence-electron chi connectivity index (χ0n) is 10.6. The smallest absolute Gasteiger partial charge is 0.123 e. The van der Waals surface area contributed by atoms with Crippen LogP contribution < -0.4 is 0 Å². The highest BCUT2D eigenvalue weighted by molar-refractivity contribution is 5.38. The highest BCUT2D eigenvalue weighted by Gasteiger charge is 2.55. The van der Waals surface area contributed by atoms with Crippen LogP contribution in [0.1, 0.15) is 50.5 Å². The molecule has 0 unspecified atom stereocenters. The zero-order chi connectivity index (χ0) is 12.6. The first kappa shape index (κ1) is 11.7. The third-order valence-electron chi connectivity index (χ3n) is 4.86. The highest BCUT2D eigenvalue weighted by Crippen LogP contribution is 2.61. The Hall–Kier alpha value is -1.36. The maximum atomic E-state index is 13.3. The van der Waals surface area contributed by atoms with E-state index in [0.717, 1.165) is 18.4 Å². The Kier molecular flexibility index (Phi) is 2.66. The van der Waals surface area contributed by atoms with Gasteiger partial charge in [0, 0.05) is 0 Å². The molecule has 2 aliphatic carbocycles. The van der Waals surface area contributed by atoms with Crippen molar-refractivity contribution in [1.82, 2.24) is 0 Å². The average Bonchev–Trinajstić information content (AvgIpc) is 2.36. The van der Waals surface area contributed by atoms with Crippen LogP contribution in [0, 0.1) is 22.6 Å². The van der Waals surface area contributed by atoms with Gasteiger partial charge in [-0.25, -0.2) is 4.39 Å². The van der Waals surface area contributed by atoms with Crippen LogP contribution in [0.5, 0.6) is 0 Å². The van der Waals surface area contributed by atoms with Crippen molar-refractivity contribution in [2.75, 3.05) is 0 Å². The highest BCUT2D eigenvalue weighted by atomic mass is 19.1. The summed E-state index contributed by atoms with van der Waals surface area (Å²) in [6.45, 7) is 0. The van der Waals surface area contributed by atoms with Crippen molar-refractivity contribution in [2.24, 2.45) is 5.41 Å². The molecule has 0 amide bonds. The predicted octanol–water partition coefficient (Wildman–Crippen LogP) is 4.33. The number of halogens is 1. The van der Waals surface area contributed by atoms with Crippen LogP contribution in [-0.4, -0.2) is 0 Å². The van der Waals surface area contributed by atoms with E-state index in [1.807, 2.05) is 6.07 Å². The predicted molar refractivity (Wildman–Crippen MR) is 68.4 cm³/mol. The van der Waals surface area contributed by atoms with Gasteiger partial charge in [-0.05, 0) is 48.8 Å². The molecular weight excluding hydrogens is 225 g/mol. The summed E-state index contributed by atoms with van der Waals surface area (Å²) in [6, 6.07) is 9.07. The molecule has 1 aromatic rings. The Bertz CT molecular complexity index is 486. The normalized spacial score (nSPS) is 24.2. The first-order valence-electron chi connectivity index (χ1n) is 6.86. The van der Waals surface area contributed by atoms with Gasteiger partial charge in [-0.2, -0.15) is 5.26 Å². The SMILES string of the molecule is N#CC1(c2cccc(F)c2)CC2(CCCCC2)C1. The summed E-state index contributed by atoms with van der Waals surface area (Å²) in [4.78, 5) is 0. The summed E-state index contributed by atoms with van der Waals surface area (Å²) in [5, 5.41) is 9.52. The summed E-state index contributed by atoms with van der Waals surface area (Å²) in [5.41, 5.74) is 0.848. The van der Waals surface area contributed by atoms with Gasteiger partial charge in [-0.15, -0.1) is 0 Å². The van der Waals surface area contributed by atoms with Gasteiger partial charge in [0.2, 0.25) is 0 Å². The van der Waals surface area contributed by atoms with Crippen molar-refractivity contribution in [3.05, 3.63) is 35.6 Å². The largest absolute Gasteiger partial charge is 0.207 e. The second-order valence-corrected chi connectivity index (χ2v) is 6.12. The lowest BCUT2D eigenvalue weighted by Gasteiger charge is -2.55. The lowest BCUT2D eigenvalue weighted by molar-refractivity contribution is 0.0167. The van der Waals surface area contributed by atoms with Crippen molar-refractivity contribution in [3.63, 3.8) is 0 Å². The van der Waals surface area contributed by atoms with Crippen LogP contribution in [0.4, 0.5) is 4.39 Å². The quantitative estimate of drug-likeness (QED) is 0.720. The van der Waals surface area contributed by atoms with Gasteiger partial charge in [-0.3, -0.25) is 0 Å². The minimum absolute atomic E-state index is 0.230. The molecule has 0 aromatic heterocycles. The lowest BCUT2D eigenvalue weighted by atomic mass is 9.47. The fraction of sp³-hybridized carbons (Fsp3) is 0.562. The van der Waals surface area contributed by atoms with E-state index in [9.17, 15) is 9.65 Å². The monoisotopic (exact) mass is 243 g/mol. The third-order valence-corrected chi connectivity index (χ3v) is 4.86. The van der Waals surface area contributed by atoms with Crippen LogP contribution in [0.2, 0.25) is 0 Å². The standard InChI is InChI=1S/C16H18FN/c17-14-6-4-5-13(9-14)16(12-18)10-15(11-16)7-2-1-3-8-15/h4-6,9H,1-3,7-8,10-11H2. The molecule has 18 heavy (non-hydrogen) atoms. The minimum atomic E-state index is -0.417. The number of rotatable bonds is 1. The van der Waals surface area contributed by atoms with Crippen LogP contribution in [-0.2, 0) is 5.41 Å². The molecular formula is C16H18FN. The molecule has 0 N–H and O–H groups in total. The molecule has 1 nitrogen and oxygen atoms in total. The molecule has 0 radical (unpaired) electrons. The second-order valence-electron chi connectivity index (χ2n) is 6.12. The Labute approximate surface area is 108 Å². The molecule has 1 spiro atoms. The second kappa shape index (κ2) is 4.09. The fourth-order valence-electron chi connectivity index (χ4n) is 4.02. The van der Waals surface area contributed by atoms with E-state index in [2.05, 4.69) is 6.07 Å². The zero-order valence-corrected chi connectivity index (χ0v) is 10.6.